The second-order valence-corrected chi connectivity index (χ2v) is 11.6. The van der Waals surface area contributed by atoms with E-state index >= 15 is 0 Å². The molecule has 11 heteroatoms. The molecular formula is C26H37N3O8. The zero-order valence-corrected chi connectivity index (χ0v) is 22.9. The van der Waals surface area contributed by atoms with Crippen molar-refractivity contribution in [2.24, 2.45) is 0 Å². The number of carboxylic acid groups (broad SMARTS) is 1. The molecule has 0 radical (unpaired) electrons. The summed E-state index contributed by atoms with van der Waals surface area (Å²) < 4.78 is 17.4. The lowest BCUT2D eigenvalue weighted by Gasteiger charge is -2.31. The Morgan fingerprint density at radius 3 is 1.81 bits per heavy atom. The molecule has 0 spiro atoms. The van der Waals surface area contributed by atoms with Crippen molar-refractivity contribution in [1.29, 1.82) is 0 Å². The zero-order chi connectivity index (χ0) is 28.3. The Bertz CT molecular complexity index is 1140. The summed E-state index contributed by atoms with van der Waals surface area (Å²) in [6.07, 6.45) is -2.48. The Morgan fingerprint density at radius 2 is 1.35 bits per heavy atom. The summed E-state index contributed by atoms with van der Waals surface area (Å²) in [5, 5.41) is 15.1. The van der Waals surface area contributed by atoms with Crippen LogP contribution in [0.4, 0.5) is 9.59 Å². The van der Waals surface area contributed by atoms with Gasteiger partial charge in [0.25, 0.3) is 0 Å². The van der Waals surface area contributed by atoms with Crippen LogP contribution < -0.4 is 0 Å². The molecule has 1 heterocycles. The van der Waals surface area contributed by atoms with E-state index in [2.05, 4.69) is 5.10 Å². The fraction of sp³-hybridized carbons (Fsp3) is 0.577. The first-order valence-corrected chi connectivity index (χ1v) is 11.9. The number of ether oxygens (including phenoxy) is 3. The van der Waals surface area contributed by atoms with Crippen LogP contribution >= 0.6 is 0 Å². The minimum atomic E-state index is -1.72. The highest BCUT2D eigenvalue weighted by atomic mass is 16.6. The molecule has 2 rings (SSSR count). The van der Waals surface area contributed by atoms with Gasteiger partial charge in [-0.25, -0.2) is 14.4 Å². The first-order chi connectivity index (χ1) is 16.8. The predicted octanol–water partition coefficient (Wildman–Crippen LogP) is 4.55. The highest BCUT2D eigenvalue weighted by Gasteiger charge is 2.41. The van der Waals surface area contributed by atoms with E-state index in [-0.39, 0.29) is 6.42 Å². The normalized spacial score (nSPS) is 13.1. The summed E-state index contributed by atoms with van der Waals surface area (Å²) >= 11 is 0. The first kappa shape index (κ1) is 29.6. The van der Waals surface area contributed by atoms with E-state index in [0.29, 0.717) is 21.5 Å². The number of benzene rings is 1. The van der Waals surface area contributed by atoms with Gasteiger partial charge in [0.2, 0.25) is 0 Å². The lowest BCUT2D eigenvalue weighted by Crippen LogP contribution is -2.53. The average Bonchev–Trinajstić information content (AvgIpc) is 3.00. The van der Waals surface area contributed by atoms with Crippen molar-refractivity contribution >= 4 is 35.0 Å². The van der Waals surface area contributed by atoms with E-state index in [9.17, 15) is 24.3 Å². The van der Waals surface area contributed by atoms with Gasteiger partial charge in [-0.15, -0.1) is 0 Å². The van der Waals surface area contributed by atoms with E-state index in [4.69, 9.17) is 14.2 Å². The van der Waals surface area contributed by atoms with E-state index < -0.39 is 53.5 Å². The first-order valence-electron chi connectivity index (χ1n) is 11.9. The number of imide groups is 1. The maximum Gasteiger partial charge on any atom is 0.420 e. The van der Waals surface area contributed by atoms with Crippen LogP contribution in [0.15, 0.2) is 24.3 Å². The van der Waals surface area contributed by atoms with E-state index in [1.165, 1.54) is 4.68 Å². The van der Waals surface area contributed by atoms with Gasteiger partial charge in [0.15, 0.2) is 6.04 Å². The number of aromatic nitrogens is 2. The number of hydrogen-bond acceptors (Lipinski definition) is 8. The molecule has 1 aromatic heterocycles. The van der Waals surface area contributed by atoms with E-state index in [0.717, 1.165) is 0 Å². The number of amides is 2. The number of carbonyl (C=O) groups is 4. The third-order valence-electron chi connectivity index (χ3n) is 4.59. The van der Waals surface area contributed by atoms with Crippen LogP contribution in [0.3, 0.4) is 0 Å². The smallest absolute Gasteiger partial charge is 0.420 e. The van der Waals surface area contributed by atoms with Gasteiger partial charge in [0.1, 0.15) is 16.8 Å². The number of nitrogens with zero attached hydrogens (tertiary/aromatic N) is 3. The van der Waals surface area contributed by atoms with Crippen molar-refractivity contribution in [3.05, 3.63) is 30.0 Å². The Morgan fingerprint density at radius 1 is 0.865 bits per heavy atom. The van der Waals surface area contributed by atoms with Crippen LogP contribution in [0.25, 0.3) is 10.9 Å². The second-order valence-electron chi connectivity index (χ2n) is 11.6. The van der Waals surface area contributed by atoms with Crippen molar-refractivity contribution in [2.75, 3.05) is 0 Å². The van der Waals surface area contributed by atoms with Crippen LogP contribution in [0.1, 0.15) is 68.0 Å². The molecule has 0 saturated carbocycles. The van der Waals surface area contributed by atoms with Crippen molar-refractivity contribution < 1.29 is 38.5 Å². The molecule has 0 saturated heterocycles. The summed E-state index contributed by atoms with van der Waals surface area (Å²) in [5.74, 6) is -1.97. The van der Waals surface area contributed by atoms with E-state index in [1.54, 1.807) is 86.6 Å². The Labute approximate surface area is 216 Å². The van der Waals surface area contributed by atoms with Gasteiger partial charge < -0.3 is 19.3 Å². The lowest BCUT2D eigenvalue weighted by atomic mass is 10.1. The number of hydrogen-bond donors (Lipinski definition) is 1. The number of para-hydroxylation sites is 1. The van der Waals surface area contributed by atoms with Crippen molar-refractivity contribution in [3.63, 3.8) is 0 Å². The average molecular weight is 520 g/mol. The largest absolute Gasteiger partial charge is 0.480 e. The third-order valence-corrected chi connectivity index (χ3v) is 4.59. The maximum absolute atomic E-state index is 13.0. The molecule has 1 aromatic carbocycles. The zero-order valence-electron chi connectivity index (χ0n) is 22.9. The number of aliphatic carboxylic acids is 1. The molecule has 11 nitrogen and oxygen atoms in total. The monoisotopic (exact) mass is 519 g/mol. The van der Waals surface area contributed by atoms with Crippen LogP contribution in [-0.4, -0.2) is 66.8 Å². The van der Waals surface area contributed by atoms with E-state index in [1.807, 2.05) is 0 Å². The molecular weight excluding hydrogens is 482 g/mol. The molecule has 2 amide bonds. The molecule has 0 fully saturated rings. The molecule has 0 bridgehead atoms. The molecule has 0 aliphatic carbocycles. The predicted molar refractivity (Wildman–Crippen MR) is 135 cm³/mol. The second kappa shape index (κ2) is 10.8. The number of fused-ring (bicyclic) bond motifs is 1. The highest BCUT2D eigenvalue weighted by molar-refractivity contribution is 5.94. The summed E-state index contributed by atoms with van der Waals surface area (Å²) in [7, 11) is 0. The molecule has 204 valence electrons. The molecule has 1 unspecified atom stereocenters. The number of rotatable bonds is 6. The Balaban J connectivity index is 2.51. The Hall–Kier alpha value is -3.63. The summed E-state index contributed by atoms with van der Waals surface area (Å²) in [6, 6.07) is 5.21. The summed E-state index contributed by atoms with van der Waals surface area (Å²) in [4.78, 5) is 51.3. The lowest BCUT2D eigenvalue weighted by molar-refractivity contribution is -0.154. The van der Waals surface area contributed by atoms with Gasteiger partial charge in [-0.05, 0) is 68.4 Å². The topological polar surface area (TPSA) is 137 Å². The molecule has 37 heavy (non-hydrogen) atoms. The van der Waals surface area contributed by atoms with Gasteiger partial charge in [-0.1, -0.05) is 18.2 Å². The molecule has 0 aliphatic rings. The third kappa shape index (κ3) is 8.76. The van der Waals surface area contributed by atoms with Gasteiger partial charge in [-0.2, -0.15) is 10.00 Å². The van der Waals surface area contributed by atoms with Gasteiger partial charge in [-0.3, -0.25) is 9.48 Å². The molecule has 1 atom stereocenters. The summed E-state index contributed by atoms with van der Waals surface area (Å²) in [5.41, 5.74) is -1.81. The minimum absolute atomic E-state index is 0.148. The van der Waals surface area contributed by atoms with Crippen molar-refractivity contribution in [1.82, 2.24) is 14.7 Å². The molecule has 0 aliphatic heterocycles. The molecule has 1 N–H and O–H groups in total. The summed E-state index contributed by atoms with van der Waals surface area (Å²) in [6.45, 7) is 14.4. The minimum Gasteiger partial charge on any atom is -0.480 e. The van der Waals surface area contributed by atoms with Crippen LogP contribution in [0, 0.1) is 0 Å². The fourth-order valence-electron chi connectivity index (χ4n) is 3.37. The quantitative estimate of drug-likeness (QED) is 0.430. The van der Waals surface area contributed by atoms with Crippen LogP contribution in [0.2, 0.25) is 0 Å². The van der Waals surface area contributed by atoms with Gasteiger partial charge >= 0.3 is 24.1 Å². The van der Waals surface area contributed by atoms with Gasteiger partial charge in [0, 0.05) is 5.39 Å². The van der Waals surface area contributed by atoms with Crippen LogP contribution in [-0.2, 0) is 36.8 Å². The SMILES string of the molecule is CC(C)(C)OC(=O)Cc1nn(CC(C(=O)O)N(C(=O)OC(C)(C)C)C(=O)OC(C)(C)C)c2ccccc12. The van der Waals surface area contributed by atoms with Crippen molar-refractivity contribution in [2.45, 2.75) is 98.1 Å². The number of carbonyl (C=O) groups excluding carboxylic acids is 3. The highest BCUT2D eigenvalue weighted by Crippen LogP contribution is 2.23. The van der Waals surface area contributed by atoms with Crippen molar-refractivity contribution in [3.8, 4) is 0 Å². The van der Waals surface area contributed by atoms with Gasteiger partial charge in [0.05, 0.1) is 24.2 Å². The molecule has 2 aromatic rings. The van der Waals surface area contributed by atoms with Crippen LogP contribution in [0.5, 0.6) is 0 Å². The number of esters is 1. The maximum atomic E-state index is 13.0. The Kier molecular flexibility index (Phi) is 8.62. The fourth-order valence-corrected chi connectivity index (χ4v) is 3.37. The standard InChI is InChI=1S/C26H37N3O8/c1-24(2,3)35-20(30)14-17-16-12-10-11-13-18(16)28(27-17)15-19(21(31)32)29(22(33)36-25(4,5)6)23(34)37-26(7,8)9/h10-13,19H,14-15H2,1-9H3,(H,31,32). The number of carboxylic acids is 1.